The summed E-state index contributed by atoms with van der Waals surface area (Å²) < 4.78 is 0. The lowest BCUT2D eigenvalue weighted by molar-refractivity contribution is -0.124. The Kier molecular flexibility index (Phi) is 2.68. The molecule has 4 nitrogen and oxygen atoms in total. The highest BCUT2D eigenvalue weighted by Crippen LogP contribution is 2.44. The minimum atomic E-state index is -0.379. The molecule has 2 rings (SSSR count). The van der Waals surface area contributed by atoms with Gasteiger partial charge >= 0.3 is 0 Å². The van der Waals surface area contributed by atoms with Gasteiger partial charge in [0.2, 0.25) is 0 Å². The van der Waals surface area contributed by atoms with Gasteiger partial charge < -0.3 is 5.32 Å². The molecule has 1 atom stereocenters. The summed E-state index contributed by atoms with van der Waals surface area (Å²) in [7, 11) is 0. The second-order valence-electron chi connectivity index (χ2n) is 5.73. The Labute approximate surface area is 96.9 Å². The SMILES string of the molecule is CCCN=C1NC(=O)C2(CCC(C)(C)C2)N1. The second kappa shape index (κ2) is 3.75. The number of guanidine groups is 1. The highest BCUT2D eigenvalue weighted by molar-refractivity contribution is 6.09. The smallest absolute Gasteiger partial charge is 0.252 e. The van der Waals surface area contributed by atoms with Crippen molar-refractivity contribution >= 4 is 11.9 Å². The molecule has 16 heavy (non-hydrogen) atoms. The fraction of sp³-hybridized carbons (Fsp3) is 0.833. The molecule has 0 aromatic rings. The van der Waals surface area contributed by atoms with Crippen molar-refractivity contribution in [2.75, 3.05) is 6.54 Å². The number of nitrogens with one attached hydrogen (secondary N) is 2. The normalized spacial score (nSPS) is 34.4. The number of nitrogens with zero attached hydrogens (tertiary/aromatic N) is 1. The van der Waals surface area contributed by atoms with Crippen molar-refractivity contribution in [1.82, 2.24) is 10.6 Å². The summed E-state index contributed by atoms with van der Waals surface area (Å²) in [6, 6.07) is 0. The zero-order chi connectivity index (χ0) is 11.8. The zero-order valence-electron chi connectivity index (χ0n) is 10.4. The van der Waals surface area contributed by atoms with E-state index in [1.54, 1.807) is 0 Å². The highest BCUT2D eigenvalue weighted by Gasteiger charge is 2.52. The van der Waals surface area contributed by atoms with Gasteiger partial charge in [-0.05, 0) is 31.1 Å². The average Bonchev–Trinajstić information content (AvgIpc) is 2.66. The molecule has 1 spiro atoms. The number of carbonyl (C=O) groups is 1. The molecule has 1 saturated carbocycles. The van der Waals surface area contributed by atoms with E-state index in [-0.39, 0.29) is 16.9 Å². The number of aliphatic imine (C=N–C) groups is 1. The van der Waals surface area contributed by atoms with Crippen LogP contribution in [0.15, 0.2) is 4.99 Å². The van der Waals surface area contributed by atoms with E-state index in [0.29, 0.717) is 5.96 Å². The lowest BCUT2D eigenvalue weighted by Crippen LogP contribution is -2.45. The Morgan fingerprint density at radius 2 is 2.12 bits per heavy atom. The van der Waals surface area contributed by atoms with Crippen LogP contribution in [0.2, 0.25) is 0 Å². The Bertz CT molecular complexity index is 335. The summed E-state index contributed by atoms with van der Waals surface area (Å²) in [6.45, 7) is 7.28. The third-order valence-electron chi connectivity index (χ3n) is 3.53. The van der Waals surface area contributed by atoms with E-state index < -0.39 is 0 Å². The van der Waals surface area contributed by atoms with Gasteiger partial charge in [-0.2, -0.15) is 0 Å². The van der Waals surface area contributed by atoms with Crippen LogP contribution in [0.3, 0.4) is 0 Å². The van der Waals surface area contributed by atoms with Gasteiger partial charge in [-0.1, -0.05) is 20.8 Å². The van der Waals surface area contributed by atoms with Gasteiger partial charge in [-0.15, -0.1) is 0 Å². The number of hydrogen-bond donors (Lipinski definition) is 2. The lowest BCUT2D eigenvalue weighted by Gasteiger charge is -2.23. The first kappa shape index (κ1) is 11.4. The van der Waals surface area contributed by atoms with Crippen molar-refractivity contribution in [3.05, 3.63) is 0 Å². The lowest BCUT2D eigenvalue weighted by atomic mass is 9.88. The van der Waals surface area contributed by atoms with E-state index in [4.69, 9.17) is 0 Å². The summed E-state index contributed by atoms with van der Waals surface area (Å²) >= 11 is 0. The maximum absolute atomic E-state index is 12.0. The molecule has 2 aliphatic rings. The van der Waals surface area contributed by atoms with Crippen LogP contribution in [0.25, 0.3) is 0 Å². The van der Waals surface area contributed by atoms with Gasteiger partial charge in [0.05, 0.1) is 0 Å². The number of carbonyl (C=O) groups excluding carboxylic acids is 1. The third-order valence-corrected chi connectivity index (χ3v) is 3.53. The molecule has 1 saturated heterocycles. The van der Waals surface area contributed by atoms with Crippen LogP contribution in [-0.4, -0.2) is 24.0 Å². The predicted molar refractivity (Wildman–Crippen MR) is 64.2 cm³/mol. The van der Waals surface area contributed by atoms with E-state index in [1.165, 1.54) is 0 Å². The summed E-state index contributed by atoms with van der Waals surface area (Å²) in [6.07, 6.45) is 3.90. The van der Waals surface area contributed by atoms with Crippen LogP contribution in [0, 0.1) is 5.41 Å². The molecule has 2 fully saturated rings. The minimum absolute atomic E-state index is 0.105. The van der Waals surface area contributed by atoms with Crippen molar-refractivity contribution in [2.45, 2.75) is 52.0 Å². The summed E-state index contributed by atoms with van der Waals surface area (Å²) in [5.41, 5.74) is -0.124. The van der Waals surface area contributed by atoms with Crippen LogP contribution in [0.1, 0.15) is 46.5 Å². The first-order valence-electron chi connectivity index (χ1n) is 6.12. The molecule has 1 amide bonds. The molecule has 90 valence electrons. The summed E-state index contributed by atoms with van der Waals surface area (Å²) in [5.74, 6) is 0.775. The van der Waals surface area contributed by atoms with Crippen LogP contribution >= 0.6 is 0 Å². The van der Waals surface area contributed by atoms with E-state index in [1.807, 2.05) is 0 Å². The van der Waals surface area contributed by atoms with Gasteiger partial charge in [0.15, 0.2) is 5.96 Å². The van der Waals surface area contributed by atoms with Crippen LogP contribution < -0.4 is 10.6 Å². The van der Waals surface area contributed by atoms with Crippen LogP contribution in [0.4, 0.5) is 0 Å². The predicted octanol–water partition coefficient (Wildman–Crippen LogP) is 1.42. The molecule has 1 aliphatic carbocycles. The molecule has 0 bridgehead atoms. The first-order valence-corrected chi connectivity index (χ1v) is 6.12. The van der Waals surface area contributed by atoms with Crippen molar-refractivity contribution in [1.29, 1.82) is 0 Å². The summed E-state index contributed by atoms with van der Waals surface area (Å²) in [4.78, 5) is 16.3. The van der Waals surface area contributed by atoms with E-state index >= 15 is 0 Å². The number of hydrogen-bond acceptors (Lipinski definition) is 2. The Morgan fingerprint density at radius 3 is 2.69 bits per heavy atom. The molecule has 0 aromatic heterocycles. The molecule has 1 unspecified atom stereocenters. The molecule has 1 aliphatic heterocycles. The van der Waals surface area contributed by atoms with Crippen LogP contribution in [-0.2, 0) is 4.79 Å². The monoisotopic (exact) mass is 223 g/mol. The van der Waals surface area contributed by atoms with Crippen molar-refractivity contribution in [2.24, 2.45) is 10.4 Å². The van der Waals surface area contributed by atoms with Gasteiger partial charge in [-0.25, -0.2) is 0 Å². The fourth-order valence-electron chi connectivity index (χ4n) is 2.69. The molecular weight excluding hydrogens is 202 g/mol. The zero-order valence-corrected chi connectivity index (χ0v) is 10.4. The highest BCUT2D eigenvalue weighted by atomic mass is 16.2. The van der Waals surface area contributed by atoms with Gasteiger partial charge in [-0.3, -0.25) is 15.1 Å². The van der Waals surface area contributed by atoms with E-state index in [9.17, 15) is 4.79 Å². The van der Waals surface area contributed by atoms with Crippen molar-refractivity contribution in [3.63, 3.8) is 0 Å². The maximum Gasteiger partial charge on any atom is 0.252 e. The minimum Gasteiger partial charge on any atom is -0.342 e. The number of rotatable bonds is 2. The van der Waals surface area contributed by atoms with Crippen molar-refractivity contribution < 1.29 is 4.79 Å². The molecule has 0 radical (unpaired) electrons. The largest absolute Gasteiger partial charge is 0.342 e. The average molecular weight is 223 g/mol. The third kappa shape index (κ3) is 1.93. The van der Waals surface area contributed by atoms with E-state index in [2.05, 4.69) is 36.4 Å². The van der Waals surface area contributed by atoms with Crippen molar-refractivity contribution in [3.8, 4) is 0 Å². The topological polar surface area (TPSA) is 53.5 Å². The second-order valence-corrected chi connectivity index (χ2v) is 5.73. The Hall–Kier alpha value is -1.06. The molecule has 1 heterocycles. The van der Waals surface area contributed by atoms with E-state index in [0.717, 1.165) is 32.2 Å². The maximum atomic E-state index is 12.0. The molecular formula is C12H21N3O. The van der Waals surface area contributed by atoms with Gasteiger partial charge in [0.25, 0.3) is 5.91 Å². The summed E-state index contributed by atoms with van der Waals surface area (Å²) in [5, 5.41) is 6.16. The quantitative estimate of drug-likeness (QED) is 0.744. The number of amides is 1. The van der Waals surface area contributed by atoms with Gasteiger partial charge in [0.1, 0.15) is 5.54 Å². The van der Waals surface area contributed by atoms with Gasteiger partial charge in [0, 0.05) is 6.54 Å². The standard InChI is InChI=1S/C12H21N3O/c1-4-7-13-10-14-9(16)12(15-10)6-5-11(2,3)8-12/h4-8H2,1-3H3,(H2,13,14,15,16). The first-order chi connectivity index (χ1) is 7.47. The molecule has 2 N–H and O–H groups in total. The fourth-order valence-corrected chi connectivity index (χ4v) is 2.69. The Morgan fingerprint density at radius 1 is 1.38 bits per heavy atom. The molecule has 4 heteroatoms. The molecule has 0 aromatic carbocycles. The Balaban J connectivity index is 2.11. The van der Waals surface area contributed by atoms with Crippen LogP contribution in [0.5, 0.6) is 0 Å².